The Morgan fingerprint density at radius 2 is 2.47 bits per heavy atom. The molecule has 0 spiro atoms. The molecule has 1 saturated heterocycles. The third-order valence-electron chi connectivity index (χ3n) is 2.75. The van der Waals surface area contributed by atoms with Crippen molar-refractivity contribution in [2.75, 3.05) is 26.3 Å². The number of hydrogen-bond acceptors (Lipinski definition) is 4. The van der Waals surface area contributed by atoms with E-state index in [2.05, 4.69) is 11.4 Å². The molecule has 0 aromatic heterocycles. The summed E-state index contributed by atoms with van der Waals surface area (Å²) in [6.07, 6.45) is 0.0647. The number of nitrogens with one attached hydrogen (secondary N) is 1. The van der Waals surface area contributed by atoms with E-state index in [9.17, 15) is 0 Å². The monoisotopic (exact) mass is 232 g/mol. The van der Waals surface area contributed by atoms with E-state index in [1.807, 2.05) is 19.1 Å². The van der Waals surface area contributed by atoms with Crippen LogP contribution in [0, 0.1) is 18.3 Å². The van der Waals surface area contributed by atoms with Crippen LogP contribution in [0.1, 0.15) is 11.1 Å². The molecule has 90 valence electrons. The lowest BCUT2D eigenvalue weighted by Gasteiger charge is -2.24. The maximum absolute atomic E-state index is 9.01. The Morgan fingerprint density at radius 3 is 3.18 bits per heavy atom. The van der Waals surface area contributed by atoms with Gasteiger partial charge in [0.2, 0.25) is 0 Å². The summed E-state index contributed by atoms with van der Waals surface area (Å²) in [5, 5.41) is 12.3. The van der Waals surface area contributed by atoms with Gasteiger partial charge in [0.05, 0.1) is 12.2 Å². The van der Waals surface area contributed by atoms with Crippen LogP contribution in [0.4, 0.5) is 0 Å². The molecular weight excluding hydrogens is 216 g/mol. The Hall–Kier alpha value is -1.57. The number of rotatable bonds is 3. The van der Waals surface area contributed by atoms with Gasteiger partial charge >= 0.3 is 0 Å². The molecule has 0 aliphatic carbocycles. The first-order valence-electron chi connectivity index (χ1n) is 5.76. The molecule has 0 radical (unpaired) electrons. The van der Waals surface area contributed by atoms with Gasteiger partial charge in [0, 0.05) is 13.1 Å². The second-order valence-electron chi connectivity index (χ2n) is 4.07. The van der Waals surface area contributed by atoms with Crippen molar-refractivity contribution in [1.29, 1.82) is 5.26 Å². The lowest BCUT2D eigenvalue weighted by molar-refractivity contribution is 0.0000115. The van der Waals surface area contributed by atoms with Crippen molar-refractivity contribution in [2.45, 2.75) is 13.0 Å². The molecule has 1 aromatic rings. The van der Waals surface area contributed by atoms with E-state index in [1.54, 1.807) is 6.07 Å². The molecule has 17 heavy (non-hydrogen) atoms. The average molecular weight is 232 g/mol. The van der Waals surface area contributed by atoms with Crippen LogP contribution >= 0.6 is 0 Å². The topological polar surface area (TPSA) is 54.3 Å². The van der Waals surface area contributed by atoms with Gasteiger partial charge in [-0.05, 0) is 18.6 Å². The van der Waals surface area contributed by atoms with Crippen LogP contribution < -0.4 is 10.1 Å². The molecule has 1 fully saturated rings. The molecule has 1 heterocycles. The van der Waals surface area contributed by atoms with E-state index in [4.69, 9.17) is 14.7 Å². The molecule has 1 aliphatic heterocycles. The zero-order valence-electron chi connectivity index (χ0n) is 9.90. The van der Waals surface area contributed by atoms with E-state index < -0.39 is 0 Å². The largest absolute Gasteiger partial charge is 0.489 e. The number of morpholine rings is 1. The first-order valence-corrected chi connectivity index (χ1v) is 5.76. The molecule has 0 amide bonds. The summed E-state index contributed by atoms with van der Waals surface area (Å²) in [5.41, 5.74) is 1.56. The molecule has 4 heteroatoms. The van der Waals surface area contributed by atoms with Crippen LogP contribution in [0.5, 0.6) is 5.75 Å². The number of nitriles is 1. The zero-order valence-corrected chi connectivity index (χ0v) is 9.90. The van der Waals surface area contributed by atoms with Gasteiger partial charge in [-0.15, -0.1) is 0 Å². The summed E-state index contributed by atoms with van der Waals surface area (Å²) >= 11 is 0. The van der Waals surface area contributed by atoms with Gasteiger partial charge in [0.1, 0.15) is 24.5 Å². The number of para-hydroxylation sites is 1. The van der Waals surface area contributed by atoms with Crippen LogP contribution in [0.2, 0.25) is 0 Å². The van der Waals surface area contributed by atoms with Gasteiger partial charge in [-0.1, -0.05) is 12.1 Å². The Morgan fingerprint density at radius 1 is 1.59 bits per heavy atom. The molecule has 2 rings (SSSR count). The van der Waals surface area contributed by atoms with E-state index in [0.717, 1.165) is 18.7 Å². The van der Waals surface area contributed by atoms with Crippen molar-refractivity contribution in [3.05, 3.63) is 29.3 Å². The van der Waals surface area contributed by atoms with E-state index in [1.165, 1.54) is 0 Å². The first kappa shape index (κ1) is 11.9. The number of benzene rings is 1. The Kier molecular flexibility index (Phi) is 3.97. The van der Waals surface area contributed by atoms with Crippen LogP contribution in [-0.4, -0.2) is 32.4 Å². The molecule has 0 saturated carbocycles. The molecule has 0 bridgehead atoms. The molecular formula is C13H16N2O2. The SMILES string of the molecule is Cc1cccc(C#N)c1OCC1CNCCO1. The third-order valence-corrected chi connectivity index (χ3v) is 2.75. The highest BCUT2D eigenvalue weighted by molar-refractivity contribution is 5.47. The highest BCUT2D eigenvalue weighted by Gasteiger charge is 2.15. The van der Waals surface area contributed by atoms with Crippen molar-refractivity contribution >= 4 is 0 Å². The fourth-order valence-corrected chi connectivity index (χ4v) is 1.84. The predicted molar refractivity (Wildman–Crippen MR) is 64.0 cm³/mol. The minimum Gasteiger partial charge on any atom is -0.489 e. The highest BCUT2D eigenvalue weighted by atomic mass is 16.5. The summed E-state index contributed by atoms with van der Waals surface area (Å²) in [5.74, 6) is 0.671. The Labute approximate surface area is 101 Å². The fourth-order valence-electron chi connectivity index (χ4n) is 1.84. The van der Waals surface area contributed by atoms with Crippen molar-refractivity contribution in [3.8, 4) is 11.8 Å². The minimum atomic E-state index is 0.0647. The van der Waals surface area contributed by atoms with Gasteiger partial charge in [0.15, 0.2) is 0 Å². The van der Waals surface area contributed by atoms with Crippen molar-refractivity contribution in [3.63, 3.8) is 0 Å². The van der Waals surface area contributed by atoms with E-state index in [0.29, 0.717) is 24.5 Å². The van der Waals surface area contributed by atoms with E-state index in [-0.39, 0.29) is 6.10 Å². The van der Waals surface area contributed by atoms with Crippen LogP contribution in [0.25, 0.3) is 0 Å². The molecule has 4 nitrogen and oxygen atoms in total. The first-order chi connectivity index (χ1) is 8.31. The maximum atomic E-state index is 9.01. The summed E-state index contributed by atoms with van der Waals surface area (Å²) in [7, 11) is 0. The maximum Gasteiger partial charge on any atom is 0.140 e. The second-order valence-corrected chi connectivity index (χ2v) is 4.07. The van der Waals surface area contributed by atoms with Crippen LogP contribution in [0.3, 0.4) is 0 Å². The molecule has 1 unspecified atom stereocenters. The quantitative estimate of drug-likeness (QED) is 0.851. The van der Waals surface area contributed by atoms with Gasteiger partial charge in [0.25, 0.3) is 0 Å². The molecule has 1 aromatic carbocycles. The van der Waals surface area contributed by atoms with Gasteiger partial charge < -0.3 is 14.8 Å². The minimum absolute atomic E-state index is 0.0647. The van der Waals surface area contributed by atoms with Crippen molar-refractivity contribution < 1.29 is 9.47 Å². The molecule has 1 aliphatic rings. The summed E-state index contributed by atoms with van der Waals surface area (Å²) < 4.78 is 11.3. The average Bonchev–Trinajstić information content (AvgIpc) is 2.38. The lowest BCUT2D eigenvalue weighted by atomic mass is 10.1. The number of nitrogens with zero attached hydrogens (tertiary/aromatic N) is 1. The van der Waals surface area contributed by atoms with Gasteiger partial charge in [-0.3, -0.25) is 0 Å². The standard InChI is InChI=1S/C13H16N2O2/c1-10-3-2-4-11(7-14)13(10)17-9-12-8-15-5-6-16-12/h2-4,12,15H,5-6,8-9H2,1H3. The highest BCUT2D eigenvalue weighted by Crippen LogP contribution is 2.22. The predicted octanol–water partition coefficient (Wildman–Crippen LogP) is 1.23. The van der Waals surface area contributed by atoms with Crippen LogP contribution in [-0.2, 0) is 4.74 Å². The second kappa shape index (κ2) is 5.67. The smallest absolute Gasteiger partial charge is 0.140 e. The van der Waals surface area contributed by atoms with Crippen molar-refractivity contribution in [2.24, 2.45) is 0 Å². The molecule has 1 atom stereocenters. The summed E-state index contributed by atoms with van der Waals surface area (Å²) in [4.78, 5) is 0. The fraction of sp³-hybridized carbons (Fsp3) is 0.462. The summed E-state index contributed by atoms with van der Waals surface area (Å²) in [6, 6.07) is 7.71. The van der Waals surface area contributed by atoms with Gasteiger partial charge in [-0.2, -0.15) is 5.26 Å². The zero-order chi connectivity index (χ0) is 12.1. The molecule has 1 N–H and O–H groups in total. The normalized spacial score (nSPS) is 19.6. The Balaban J connectivity index is 2.00. The third kappa shape index (κ3) is 2.96. The number of aryl methyl sites for hydroxylation is 1. The van der Waals surface area contributed by atoms with Crippen molar-refractivity contribution in [1.82, 2.24) is 5.32 Å². The lowest BCUT2D eigenvalue weighted by Crippen LogP contribution is -2.41. The summed E-state index contributed by atoms with van der Waals surface area (Å²) in [6.45, 7) is 4.83. The van der Waals surface area contributed by atoms with E-state index >= 15 is 0 Å². The van der Waals surface area contributed by atoms with Gasteiger partial charge in [-0.25, -0.2) is 0 Å². The van der Waals surface area contributed by atoms with Crippen LogP contribution in [0.15, 0.2) is 18.2 Å². The number of ether oxygens (including phenoxy) is 2. The Bertz CT molecular complexity index is 420. The number of hydrogen-bond donors (Lipinski definition) is 1.